The van der Waals surface area contributed by atoms with Crippen LogP contribution in [0, 0.1) is 6.92 Å². The fourth-order valence-electron chi connectivity index (χ4n) is 6.18. The highest BCUT2D eigenvalue weighted by atomic mass is 79.9. The number of benzene rings is 4. The highest BCUT2D eigenvalue weighted by Gasteiger charge is 2.41. The molecular formula is C41H44BrN3O6. The summed E-state index contributed by atoms with van der Waals surface area (Å²) < 4.78 is 12.2. The van der Waals surface area contributed by atoms with Crippen LogP contribution in [0.1, 0.15) is 92.0 Å². The van der Waals surface area contributed by atoms with Gasteiger partial charge in [0.05, 0.1) is 11.3 Å². The number of hydrogen-bond donors (Lipinski definition) is 2. The molecule has 0 radical (unpaired) electrons. The largest absolute Gasteiger partial charge is 0.444 e. The van der Waals surface area contributed by atoms with E-state index in [9.17, 15) is 14.4 Å². The molecule has 1 saturated carbocycles. The van der Waals surface area contributed by atoms with Crippen LogP contribution in [0.3, 0.4) is 0 Å². The standard InChI is InChI=1S/C41H44BrN3O6/c1-27-19-21-30(22-20-27)39(48)50-34-18-12-11-17-33(34)43-37(46)36(29-23-25-31(42)26-24-29)45(32-15-9-6-10-16-32)38(47)35(28-13-7-5-8-14-28)44-40(49)51-41(2,3)4/h5,7-8,11-14,17-26,32,35-36H,6,9-10,15-16H2,1-4H3,(H,43,46)(H,44,49). The fourth-order valence-corrected chi connectivity index (χ4v) is 6.44. The minimum atomic E-state index is -1.14. The molecular weight excluding hydrogens is 710 g/mol. The van der Waals surface area contributed by atoms with Gasteiger partial charge in [-0.2, -0.15) is 0 Å². The number of halogens is 1. The number of nitrogens with one attached hydrogen (secondary N) is 2. The van der Waals surface area contributed by atoms with E-state index in [-0.39, 0.29) is 17.5 Å². The summed E-state index contributed by atoms with van der Waals surface area (Å²) in [6, 6.07) is 27.4. The zero-order valence-electron chi connectivity index (χ0n) is 29.4. The van der Waals surface area contributed by atoms with Gasteiger partial charge in [0.1, 0.15) is 17.7 Å². The number of para-hydroxylation sites is 2. The monoisotopic (exact) mass is 753 g/mol. The minimum Gasteiger partial charge on any atom is -0.444 e. The number of alkyl carbamates (subject to hydrolysis) is 1. The first-order chi connectivity index (χ1) is 24.4. The van der Waals surface area contributed by atoms with Crippen LogP contribution in [0.2, 0.25) is 0 Å². The van der Waals surface area contributed by atoms with E-state index in [1.165, 1.54) is 0 Å². The van der Waals surface area contributed by atoms with Gasteiger partial charge in [-0.05, 0) is 88.1 Å². The number of esters is 1. The zero-order chi connectivity index (χ0) is 36.5. The number of carbonyl (C=O) groups excluding carboxylic acids is 4. The van der Waals surface area contributed by atoms with Crippen LogP contribution in [-0.2, 0) is 14.3 Å². The molecule has 0 spiro atoms. The van der Waals surface area contributed by atoms with Crippen LogP contribution in [-0.4, -0.2) is 40.4 Å². The van der Waals surface area contributed by atoms with Gasteiger partial charge in [-0.15, -0.1) is 0 Å². The molecule has 1 fully saturated rings. The molecule has 2 atom stereocenters. The van der Waals surface area contributed by atoms with Crippen molar-refractivity contribution in [1.29, 1.82) is 0 Å². The zero-order valence-corrected chi connectivity index (χ0v) is 30.9. The van der Waals surface area contributed by atoms with E-state index < -0.39 is 41.6 Å². The molecule has 0 heterocycles. The Hall–Kier alpha value is -4.96. The Kier molecular flexibility index (Phi) is 12.3. The van der Waals surface area contributed by atoms with Gasteiger partial charge in [-0.25, -0.2) is 9.59 Å². The number of nitrogens with zero attached hydrogens (tertiary/aromatic N) is 1. The number of carbonyl (C=O) groups is 4. The number of hydrogen-bond acceptors (Lipinski definition) is 6. The van der Waals surface area contributed by atoms with Crippen LogP contribution in [0.15, 0.2) is 108 Å². The van der Waals surface area contributed by atoms with E-state index in [4.69, 9.17) is 9.47 Å². The summed E-state index contributed by atoms with van der Waals surface area (Å²) in [6.07, 6.45) is 3.41. The van der Waals surface area contributed by atoms with Crippen LogP contribution in [0.5, 0.6) is 5.75 Å². The molecule has 4 aromatic rings. The maximum Gasteiger partial charge on any atom is 0.408 e. The Labute approximate surface area is 307 Å². The van der Waals surface area contributed by atoms with Gasteiger partial charge < -0.3 is 25.0 Å². The highest BCUT2D eigenvalue weighted by Crippen LogP contribution is 2.36. The molecule has 9 nitrogen and oxygen atoms in total. The smallest absolute Gasteiger partial charge is 0.408 e. The first-order valence-electron chi connectivity index (χ1n) is 17.2. The molecule has 2 N–H and O–H groups in total. The molecule has 5 rings (SSSR count). The van der Waals surface area contributed by atoms with Crippen molar-refractivity contribution in [3.05, 3.63) is 130 Å². The van der Waals surface area contributed by atoms with Crippen LogP contribution >= 0.6 is 15.9 Å². The Bertz CT molecular complexity index is 1820. The summed E-state index contributed by atoms with van der Waals surface area (Å²) in [6.45, 7) is 7.19. The Morgan fingerprint density at radius 3 is 2.06 bits per heavy atom. The van der Waals surface area contributed by atoms with Gasteiger partial charge >= 0.3 is 12.1 Å². The van der Waals surface area contributed by atoms with Crippen LogP contribution in [0.25, 0.3) is 0 Å². The minimum absolute atomic E-state index is 0.162. The van der Waals surface area contributed by atoms with E-state index in [2.05, 4.69) is 26.6 Å². The lowest BCUT2D eigenvalue weighted by molar-refractivity contribution is -0.144. The predicted molar refractivity (Wildman–Crippen MR) is 200 cm³/mol. The normalized spacial score (nSPS) is 14.5. The number of aryl methyl sites for hydroxylation is 1. The second-order valence-corrected chi connectivity index (χ2v) is 14.6. The van der Waals surface area contributed by atoms with Gasteiger partial charge in [0.25, 0.3) is 11.8 Å². The lowest BCUT2D eigenvalue weighted by Gasteiger charge is -2.41. The van der Waals surface area contributed by atoms with Crippen molar-refractivity contribution in [1.82, 2.24) is 10.2 Å². The maximum absolute atomic E-state index is 15.1. The average Bonchev–Trinajstić information content (AvgIpc) is 3.11. The quantitative estimate of drug-likeness (QED) is 0.123. The van der Waals surface area contributed by atoms with Crippen molar-refractivity contribution in [3.8, 4) is 5.75 Å². The molecule has 10 heteroatoms. The Balaban J connectivity index is 1.55. The molecule has 4 aromatic carbocycles. The summed E-state index contributed by atoms with van der Waals surface area (Å²) in [5.74, 6) is -1.35. The third kappa shape index (κ3) is 10.1. The van der Waals surface area contributed by atoms with Gasteiger partial charge in [-0.1, -0.05) is 107 Å². The number of anilines is 1. The lowest BCUT2D eigenvalue weighted by atomic mass is 9.90. The third-order valence-corrected chi connectivity index (χ3v) is 9.14. The number of ether oxygens (including phenoxy) is 2. The molecule has 1 aliphatic rings. The number of amides is 3. The molecule has 0 aromatic heterocycles. The molecule has 0 saturated heterocycles. The summed E-state index contributed by atoms with van der Waals surface area (Å²) in [7, 11) is 0. The van der Waals surface area contributed by atoms with E-state index in [0.29, 0.717) is 29.5 Å². The van der Waals surface area contributed by atoms with Gasteiger partial charge in [0.2, 0.25) is 0 Å². The highest BCUT2D eigenvalue weighted by molar-refractivity contribution is 9.10. The SMILES string of the molecule is Cc1ccc(C(=O)Oc2ccccc2NC(=O)C(c2ccc(Br)cc2)N(C(=O)C(NC(=O)OC(C)(C)C)c2ccccc2)C2CCCCC2)cc1. The van der Waals surface area contributed by atoms with Gasteiger partial charge in [0, 0.05) is 10.5 Å². The first kappa shape index (κ1) is 37.3. The molecule has 2 unspecified atom stereocenters. The van der Waals surface area contributed by atoms with Crippen LogP contribution in [0.4, 0.5) is 10.5 Å². The van der Waals surface area contributed by atoms with E-state index in [1.807, 2.05) is 37.3 Å². The molecule has 0 bridgehead atoms. The van der Waals surface area contributed by atoms with Gasteiger partial charge in [-0.3, -0.25) is 9.59 Å². The fraction of sp³-hybridized carbons (Fsp3) is 0.317. The summed E-state index contributed by atoms with van der Waals surface area (Å²) in [5.41, 5.74) is 1.98. The van der Waals surface area contributed by atoms with E-state index in [1.54, 1.807) is 98.5 Å². The van der Waals surface area contributed by atoms with Gasteiger partial charge in [0.15, 0.2) is 5.75 Å². The molecule has 1 aliphatic carbocycles. The second-order valence-electron chi connectivity index (χ2n) is 13.7. The molecule has 0 aliphatic heterocycles. The first-order valence-corrected chi connectivity index (χ1v) is 18.0. The van der Waals surface area contributed by atoms with Crippen molar-refractivity contribution >= 4 is 45.5 Å². The molecule has 3 amide bonds. The van der Waals surface area contributed by atoms with E-state index >= 15 is 4.79 Å². The lowest BCUT2D eigenvalue weighted by Crippen LogP contribution is -2.52. The van der Waals surface area contributed by atoms with Crippen molar-refractivity contribution in [3.63, 3.8) is 0 Å². The van der Waals surface area contributed by atoms with Crippen molar-refractivity contribution < 1.29 is 28.7 Å². The Morgan fingerprint density at radius 2 is 1.41 bits per heavy atom. The molecule has 51 heavy (non-hydrogen) atoms. The van der Waals surface area contributed by atoms with Crippen molar-refractivity contribution in [2.45, 2.75) is 83.5 Å². The summed E-state index contributed by atoms with van der Waals surface area (Å²) >= 11 is 3.50. The topological polar surface area (TPSA) is 114 Å². The van der Waals surface area contributed by atoms with Crippen molar-refractivity contribution in [2.75, 3.05) is 5.32 Å². The summed E-state index contributed by atoms with van der Waals surface area (Å²) in [5, 5.41) is 5.79. The Morgan fingerprint density at radius 1 is 0.784 bits per heavy atom. The van der Waals surface area contributed by atoms with E-state index in [0.717, 1.165) is 29.3 Å². The molecule has 266 valence electrons. The van der Waals surface area contributed by atoms with Crippen LogP contribution < -0.4 is 15.4 Å². The summed E-state index contributed by atoms with van der Waals surface area (Å²) in [4.78, 5) is 57.8. The second kappa shape index (κ2) is 16.8. The predicted octanol–water partition coefficient (Wildman–Crippen LogP) is 9.08. The number of rotatable bonds is 10. The maximum atomic E-state index is 15.1. The van der Waals surface area contributed by atoms with Crippen molar-refractivity contribution in [2.24, 2.45) is 0 Å². The average molecular weight is 755 g/mol. The third-order valence-electron chi connectivity index (χ3n) is 8.61.